The molecule has 2 unspecified atom stereocenters. The maximum atomic E-state index is 13.5. The normalized spacial score (nSPS) is 23.6. The van der Waals surface area contributed by atoms with Gasteiger partial charge in [-0.05, 0) is 58.3 Å². The van der Waals surface area contributed by atoms with E-state index < -0.39 is 53.3 Å². The summed E-state index contributed by atoms with van der Waals surface area (Å²) in [6, 6.07) is 4.08. The Balaban J connectivity index is 1.62. The van der Waals surface area contributed by atoms with Crippen molar-refractivity contribution in [2.24, 2.45) is 0 Å². The van der Waals surface area contributed by atoms with Gasteiger partial charge in [0.2, 0.25) is 17.5 Å². The number of amides is 5. The highest BCUT2D eigenvalue weighted by molar-refractivity contribution is 6.23. The van der Waals surface area contributed by atoms with Crippen molar-refractivity contribution >= 4 is 35.5 Å². The maximum Gasteiger partial charge on any atom is 0.350 e. The second kappa shape index (κ2) is 8.64. The fourth-order valence-electron chi connectivity index (χ4n) is 4.81. The molecule has 3 aliphatic heterocycles. The summed E-state index contributed by atoms with van der Waals surface area (Å²) < 4.78 is 0. The number of carboxylic acids is 1. The highest BCUT2D eigenvalue weighted by Gasteiger charge is 2.55. The van der Waals surface area contributed by atoms with Gasteiger partial charge in [-0.3, -0.25) is 33.8 Å². The molecular formula is C23H26N4O7. The number of hydrogen-bond acceptors (Lipinski definition) is 7. The van der Waals surface area contributed by atoms with Crippen LogP contribution in [0.25, 0.3) is 0 Å². The summed E-state index contributed by atoms with van der Waals surface area (Å²) in [5.74, 6) is -5.45. The van der Waals surface area contributed by atoms with Gasteiger partial charge >= 0.3 is 5.97 Å². The number of aliphatic carboxylic acids is 1. The molecule has 0 aromatic heterocycles. The molecule has 0 radical (unpaired) electrons. The molecule has 3 atom stereocenters. The Bertz CT molecular complexity index is 1060. The van der Waals surface area contributed by atoms with E-state index in [1.165, 1.54) is 12.1 Å². The number of carbonyl (C=O) groups is 6. The van der Waals surface area contributed by atoms with E-state index in [0.717, 1.165) is 24.7 Å². The lowest BCUT2D eigenvalue weighted by atomic mass is 9.97. The van der Waals surface area contributed by atoms with E-state index >= 15 is 0 Å². The standard InChI is InChI=1S/C23H26N4O7/c1-13(25-11-5-6-12-25)18(29)24-23(2,22(33)34)27-17(28)10-9-16(21(27)32)26-19(30)14-7-3-4-8-15(14)20(26)31/h3-4,7-8,13,16H,5-6,9-12H2,1-2H3,(H,24,29)(H,33,34)/t13?,16?,23-/m0/s1. The van der Waals surface area contributed by atoms with E-state index in [1.807, 2.05) is 4.90 Å². The number of hydrogen-bond donors (Lipinski definition) is 2. The van der Waals surface area contributed by atoms with Gasteiger partial charge in [-0.25, -0.2) is 9.69 Å². The molecule has 2 fully saturated rings. The number of rotatable bonds is 6. The average Bonchev–Trinajstić information content (AvgIpc) is 3.42. The molecule has 3 heterocycles. The first kappa shape index (κ1) is 23.6. The van der Waals surface area contributed by atoms with Crippen LogP contribution in [0.3, 0.4) is 0 Å². The Morgan fingerprint density at radius 3 is 2.15 bits per heavy atom. The van der Waals surface area contributed by atoms with Crippen molar-refractivity contribution in [3.63, 3.8) is 0 Å². The molecule has 34 heavy (non-hydrogen) atoms. The summed E-state index contributed by atoms with van der Waals surface area (Å²) in [7, 11) is 0. The molecule has 0 bridgehead atoms. The number of carbonyl (C=O) groups excluding carboxylic acids is 5. The van der Waals surface area contributed by atoms with Crippen LogP contribution in [-0.4, -0.2) is 86.1 Å². The summed E-state index contributed by atoms with van der Waals surface area (Å²) in [4.78, 5) is 80.4. The van der Waals surface area contributed by atoms with Gasteiger partial charge in [-0.2, -0.15) is 0 Å². The molecule has 11 nitrogen and oxygen atoms in total. The minimum absolute atomic E-state index is 0.131. The number of nitrogens with zero attached hydrogens (tertiary/aromatic N) is 3. The van der Waals surface area contributed by atoms with Gasteiger partial charge in [0.25, 0.3) is 17.7 Å². The summed E-state index contributed by atoms with van der Waals surface area (Å²) in [5.41, 5.74) is -2.12. The molecule has 2 N–H and O–H groups in total. The Hall–Kier alpha value is -3.60. The summed E-state index contributed by atoms with van der Waals surface area (Å²) in [6.07, 6.45) is 1.43. The zero-order valence-corrected chi connectivity index (χ0v) is 18.9. The van der Waals surface area contributed by atoms with Crippen molar-refractivity contribution in [1.29, 1.82) is 0 Å². The van der Waals surface area contributed by atoms with Gasteiger partial charge in [-0.1, -0.05) is 12.1 Å². The third-order valence-corrected chi connectivity index (χ3v) is 6.82. The highest BCUT2D eigenvalue weighted by Crippen LogP contribution is 2.31. The van der Waals surface area contributed by atoms with Crippen molar-refractivity contribution < 1.29 is 33.9 Å². The lowest BCUT2D eigenvalue weighted by Gasteiger charge is -2.43. The lowest BCUT2D eigenvalue weighted by Crippen LogP contribution is -2.72. The van der Waals surface area contributed by atoms with E-state index in [4.69, 9.17) is 0 Å². The van der Waals surface area contributed by atoms with Crippen molar-refractivity contribution in [2.45, 2.75) is 57.3 Å². The van der Waals surface area contributed by atoms with Crippen molar-refractivity contribution in [1.82, 2.24) is 20.0 Å². The molecule has 11 heteroatoms. The molecule has 0 spiro atoms. The molecular weight excluding hydrogens is 444 g/mol. The summed E-state index contributed by atoms with van der Waals surface area (Å²) in [5, 5.41) is 12.4. The molecule has 2 saturated heterocycles. The quantitative estimate of drug-likeness (QED) is 0.561. The van der Waals surface area contributed by atoms with Crippen molar-refractivity contribution in [2.75, 3.05) is 13.1 Å². The molecule has 180 valence electrons. The number of likely N-dealkylation sites (tertiary alicyclic amines) is 2. The largest absolute Gasteiger partial charge is 0.478 e. The molecule has 4 rings (SSSR count). The number of carboxylic acid groups (broad SMARTS) is 1. The minimum atomic E-state index is -2.39. The molecule has 1 aromatic carbocycles. The van der Waals surface area contributed by atoms with Crippen LogP contribution >= 0.6 is 0 Å². The predicted molar refractivity (Wildman–Crippen MR) is 116 cm³/mol. The average molecular weight is 470 g/mol. The van der Waals surface area contributed by atoms with E-state index in [0.29, 0.717) is 18.0 Å². The first-order valence-corrected chi connectivity index (χ1v) is 11.2. The number of benzene rings is 1. The number of nitrogens with one attached hydrogen (secondary N) is 1. The Morgan fingerprint density at radius 2 is 1.62 bits per heavy atom. The van der Waals surface area contributed by atoms with Gasteiger partial charge < -0.3 is 10.4 Å². The fraction of sp³-hybridized carbons (Fsp3) is 0.478. The SMILES string of the molecule is CC(C(=O)N[C@](C)(C(=O)O)N1C(=O)CCC(N2C(=O)c3ccccc3C2=O)C1=O)N1CCCC1. The lowest BCUT2D eigenvalue weighted by molar-refractivity contribution is -0.173. The fourth-order valence-corrected chi connectivity index (χ4v) is 4.81. The zero-order chi connectivity index (χ0) is 24.8. The van der Waals surface area contributed by atoms with Gasteiger partial charge in [0.1, 0.15) is 6.04 Å². The topological polar surface area (TPSA) is 144 Å². The summed E-state index contributed by atoms with van der Waals surface area (Å²) >= 11 is 0. The van der Waals surface area contributed by atoms with E-state index in [9.17, 15) is 33.9 Å². The van der Waals surface area contributed by atoms with Crippen LogP contribution in [0.5, 0.6) is 0 Å². The van der Waals surface area contributed by atoms with Crippen LogP contribution in [0.1, 0.15) is 60.2 Å². The Morgan fingerprint density at radius 1 is 1.06 bits per heavy atom. The van der Waals surface area contributed by atoms with Crippen molar-refractivity contribution in [3.8, 4) is 0 Å². The van der Waals surface area contributed by atoms with Gasteiger partial charge in [0.15, 0.2) is 0 Å². The second-order valence-corrected chi connectivity index (χ2v) is 8.93. The smallest absolute Gasteiger partial charge is 0.350 e. The minimum Gasteiger partial charge on any atom is -0.478 e. The van der Waals surface area contributed by atoms with Crippen LogP contribution in [0, 0.1) is 0 Å². The van der Waals surface area contributed by atoms with Crippen molar-refractivity contribution in [3.05, 3.63) is 35.4 Å². The zero-order valence-electron chi connectivity index (χ0n) is 18.9. The highest BCUT2D eigenvalue weighted by atomic mass is 16.4. The monoisotopic (exact) mass is 470 g/mol. The number of fused-ring (bicyclic) bond motifs is 1. The van der Waals surface area contributed by atoms with Crippen LogP contribution in [-0.2, 0) is 19.2 Å². The van der Waals surface area contributed by atoms with Crippen LogP contribution < -0.4 is 5.32 Å². The number of piperidine rings is 1. The van der Waals surface area contributed by atoms with Gasteiger partial charge in [-0.15, -0.1) is 0 Å². The molecule has 0 aliphatic carbocycles. The van der Waals surface area contributed by atoms with Crippen LogP contribution in [0.2, 0.25) is 0 Å². The Kier molecular flexibility index (Phi) is 5.98. The van der Waals surface area contributed by atoms with Crippen LogP contribution in [0.15, 0.2) is 24.3 Å². The van der Waals surface area contributed by atoms with E-state index in [-0.39, 0.29) is 24.0 Å². The first-order valence-electron chi connectivity index (χ1n) is 11.2. The van der Waals surface area contributed by atoms with Crippen LogP contribution in [0.4, 0.5) is 0 Å². The third-order valence-electron chi connectivity index (χ3n) is 6.82. The third kappa shape index (κ3) is 3.65. The van der Waals surface area contributed by atoms with E-state index in [1.54, 1.807) is 19.1 Å². The summed E-state index contributed by atoms with van der Waals surface area (Å²) in [6.45, 7) is 4.05. The van der Waals surface area contributed by atoms with Gasteiger partial charge in [0, 0.05) is 6.42 Å². The molecule has 5 amide bonds. The number of imide groups is 2. The Labute approximate surface area is 195 Å². The second-order valence-electron chi connectivity index (χ2n) is 8.93. The predicted octanol–water partition coefficient (Wildman–Crippen LogP) is 0.202. The maximum absolute atomic E-state index is 13.5. The molecule has 0 saturated carbocycles. The first-order chi connectivity index (χ1) is 16.1. The molecule has 3 aliphatic rings. The molecule has 1 aromatic rings. The van der Waals surface area contributed by atoms with E-state index in [2.05, 4.69) is 5.32 Å². The van der Waals surface area contributed by atoms with Gasteiger partial charge in [0.05, 0.1) is 17.2 Å².